The van der Waals surface area contributed by atoms with Gasteiger partial charge in [-0.25, -0.2) is 8.42 Å². The van der Waals surface area contributed by atoms with E-state index in [4.69, 9.17) is 11.6 Å². The van der Waals surface area contributed by atoms with Crippen LogP contribution in [0.15, 0.2) is 78.9 Å². The summed E-state index contributed by atoms with van der Waals surface area (Å²) in [6.07, 6.45) is -3.17. The van der Waals surface area contributed by atoms with E-state index in [2.05, 4.69) is 5.32 Å². The van der Waals surface area contributed by atoms with Crippen molar-refractivity contribution in [1.29, 1.82) is 0 Å². The molecule has 2 atom stereocenters. The van der Waals surface area contributed by atoms with Crippen LogP contribution >= 0.6 is 11.6 Å². The number of nitrogens with one attached hydrogen (secondary N) is 1. The highest BCUT2D eigenvalue weighted by Crippen LogP contribution is 2.32. The first-order chi connectivity index (χ1) is 19.7. The molecule has 12 heteroatoms. The first-order valence-electron chi connectivity index (χ1n) is 13.2. The van der Waals surface area contributed by atoms with E-state index in [-0.39, 0.29) is 24.7 Å². The molecule has 3 aromatic rings. The van der Waals surface area contributed by atoms with Gasteiger partial charge in [0.05, 0.1) is 17.5 Å². The largest absolute Gasteiger partial charge is 0.416 e. The summed E-state index contributed by atoms with van der Waals surface area (Å²) in [4.78, 5) is 28.9. The maximum atomic E-state index is 14.0. The fourth-order valence-corrected chi connectivity index (χ4v) is 5.20. The summed E-state index contributed by atoms with van der Waals surface area (Å²) in [6.45, 7) is 2.81. The van der Waals surface area contributed by atoms with Gasteiger partial charge < -0.3 is 10.2 Å². The number of alkyl halides is 3. The van der Waals surface area contributed by atoms with Crippen LogP contribution in [-0.4, -0.2) is 50.0 Å². The van der Waals surface area contributed by atoms with E-state index in [1.165, 1.54) is 11.0 Å². The van der Waals surface area contributed by atoms with Crippen LogP contribution in [0.4, 0.5) is 18.9 Å². The molecule has 0 unspecified atom stereocenters. The lowest BCUT2D eigenvalue weighted by Gasteiger charge is -2.34. The number of nitrogens with zero attached hydrogens (tertiary/aromatic N) is 2. The first-order valence-corrected chi connectivity index (χ1v) is 15.4. The number of carbonyl (C=O) groups excluding carboxylic acids is 2. The van der Waals surface area contributed by atoms with E-state index in [0.717, 1.165) is 24.0 Å². The van der Waals surface area contributed by atoms with Crippen LogP contribution < -0.4 is 9.62 Å². The Bertz CT molecular complexity index is 1470. The van der Waals surface area contributed by atoms with Gasteiger partial charge in [0, 0.05) is 24.0 Å². The van der Waals surface area contributed by atoms with E-state index in [1.54, 1.807) is 48.5 Å². The molecule has 0 radical (unpaired) electrons. The number of anilines is 1. The molecule has 3 rings (SSSR count). The summed E-state index contributed by atoms with van der Waals surface area (Å²) < 4.78 is 66.5. The van der Waals surface area contributed by atoms with Gasteiger partial charge >= 0.3 is 6.18 Å². The Morgan fingerprint density at radius 1 is 0.952 bits per heavy atom. The number of amides is 2. The summed E-state index contributed by atoms with van der Waals surface area (Å²) in [5, 5.41) is 3.37. The Kier molecular flexibility index (Phi) is 11.0. The van der Waals surface area contributed by atoms with Crippen LogP contribution in [0.3, 0.4) is 0 Å². The van der Waals surface area contributed by atoms with E-state index in [1.807, 2.05) is 19.9 Å². The average molecular weight is 624 g/mol. The molecule has 0 spiro atoms. The van der Waals surface area contributed by atoms with Crippen LogP contribution in [0.2, 0.25) is 5.02 Å². The Labute approximate surface area is 249 Å². The Morgan fingerprint density at radius 3 is 2.17 bits per heavy atom. The third kappa shape index (κ3) is 9.22. The minimum Gasteiger partial charge on any atom is -0.352 e. The van der Waals surface area contributed by atoms with E-state index < -0.39 is 46.2 Å². The molecule has 0 bridgehead atoms. The Balaban J connectivity index is 2.08. The fraction of sp³-hybridized carbons (Fsp3) is 0.333. The molecule has 0 aliphatic rings. The van der Waals surface area contributed by atoms with Gasteiger partial charge in [0.2, 0.25) is 21.8 Å². The van der Waals surface area contributed by atoms with Crippen LogP contribution in [0.1, 0.15) is 37.0 Å². The Hall–Kier alpha value is -3.57. The van der Waals surface area contributed by atoms with E-state index in [0.29, 0.717) is 27.4 Å². The van der Waals surface area contributed by atoms with Crippen molar-refractivity contribution in [2.75, 3.05) is 17.1 Å². The standard InChI is InChI=1S/C30H33ClF3N3O4S/c1-4-21(2)35-29(39)27(17-22-9-6-5-7-10-22)36(19-23-13-15-25(31)16-14-23)28(38)20-37(42(3,40)41)26-12-8-11-24(18-26)30(32,33)34/h5-16,18,21,27H,4,17,19-20H2,1-3H3,(H,35,39)/t21-,27+/m1/s1. The van der Waals surface area contributed by atoms with E-state index >= 15 is 0 Å². The summed E-state index contributed by atoms with van der Waals surface area (Å²) in [7, 11) is -4.21. The lowest BCUT2D eigenvalue weighted by atomic mass is 10.0. The highest BCUT2D eigenvalue weighted by molar-refractivity contribution is 7.92. The van der Waals surface area contributed by atoms with Crippen molar-refractivity contribution in [2.45, 2.75) is 51.5 Å². The predicted octanol–water partition coefficient (Wildman–Crippen LogP) is 5.68. The topological polar surface area (TPSA) is 86.8 Å². The molecule has 0 saturated carbocycles. The maximum absolute atomic E-state index is 14.0. The maximum Gasteiger partial charge on any atom is 0.416 e. The molecule has 1 N–H and O–H groups in total. The van der Waals surface area contributed by atoms with Crippen LogP contribution in [0, 0.1) is 0 Å². The predicted molar refractivity (Wildman–Crippen MR) is 157 cm³/mol. The second-order valence-corrected chi connectivity index (χ2v) is 12.3. The minimum absolute atomic E-state index is 0.0817. The quantitative estimate of drug-likeness (QED) is 0.281. The summed E-state index contributed by atoms with van der Waals surface area (Å²) in [5.41, 5.74) is -0.00882. The highest BCUT2D eigenvalue weighted by Gasteiger charge is 2.35. The molecular weight excluding hydrogens is 591 g/mol. The molecule has 0 fully saturated rings. The summed E-state index contributed by atoms with van der Waals surface area (Å²) in [5.74, 6) is -1.21. The molecule has 2 amide bonds. The van der Waals surface area contributed by atoms with Crippen molar-refractivity contribution in [3.63, 3.8) is 0 Å². The molecule has 226 valence electrons. The number of sulfonamides is 1. The van der Waals surface area contributed by atoms with Gasteiger partial charge in [0.1, 0.15) is 12.6 Å². The number of rotatable bonds is 12. The molecule has 3 aromatic carbocycles. The monoisotopic (exact) mass is 623 g/mol. The summed E-state index contributed by atoms with van der Waals surface area (Å²) in [6, 6.07) is 18.1. The van der Waals surface area contributed by atoms with Gasteiger partial charge in [-0.05, 0) is 54.8 Å². The second-order valence-electron chi connectivity index (χ2n) is 9.99. The van der Waals surface area contributed by atoms with Gasteiger partial charge in [-0.3, -0.25) is 13.9 Å². The Morgan fingerprint density at radius 2 is 1.60 bits per heavy atom. The molecule has 0 heterocycles. The van der Waals surface area contributed by atoms with Crippen LogP contribution in [0.25, 0.3) is 0 Å². The lowest BCUT2D eigenvalue weighted by molar-refractivity contribution is -0.140. The van der Waals surface area contributed by atoms with Gasteiger partial charge in [0.25, 0.3) is 0 Å². The zero-order chi connectivity index (χ0) is 31.1. The van der Waals surface area contributed by atoms with Crippen molar-refractivity contribution in [1.82, 2.24) is 10.2 Å². The van der Waals surface area contributed by atoms with Crippen molar-refractivity contribution in [3.8, 4) is 0 Å². The van der Waals surface area contributed by atoms with Crippen LogP contribution in [0.5, 0.6) is 0 Å². The summed E-state index contributed by atoms with van der Waals surface area (Å²) >= 11 is 6.04. The number of carbonyl (C=O) groups is 2. The van der Waals surface area contributed by atoms with Crippen molar-refractivity contribution in [2.24, 2.45) is 0 Å². The fourth-order valence-electron chi connectivity index (χ4n) is 4.23. The van der Waals surface area contributed by atoms with E-state index in [9.17, 15) is 31.2 Å². The SMILES string of the molecule is CC[C@@H](C)NC(=O)[C@H](Cc1ccccc1)N(Cc1ccc(Cl)cc1)C(=O)CN(c1cccc(C(F)(F)F)c1)S(C)(=O)=O. The zero-order valence-corrected chi connectivity index (χ0v) is 25.0. The average Bonchev–Trinajstić information content (AvgIpc) is 2.93. The van der Waals surface area contributed by atoms with Gasteiger partial charge in [-0.1, -0.05) is 67.1 Å². The van der Waals surface area contributed by atoms with Crippen LogP contribution in [-0.2, 0) is 38.8 Å². The molecule has 0 aliphatic heterocycles. The van der Waals surface area contributed by atoms with Gasteiger partial charge in [-0.15, -0.1) is 0 Å². The molecule has 0 saturated heterocycles. The number of benzene rings is 3. The van der Waals surface area contributed by atoms with Gasteiger partial charge in [0.15, 0.2) is 0 Å². The highest BCUT2D eigenvalue weighted by atomic mass is 35.5. The van der Waals surface area contributed by atoms with Crippen molar-refractivity contribution < 1.29 is 31.2 Å². The molecule has 7 nitrogen and oxygen atoms in total. The third-order valence-electron chi connectivity index (χ3n) is 6.68. The normalized spacial score (nSPS) is 13.2. The zero-order valence-electron chi connectivity index (χ0n) is 23.4. The first kappa shape index (κ1) is 32.9. The lowest BCUT2D eigenvalue weighted by Crippen LogP contribution is -2.54. The minimum atomic E-state index is -4.72. The van der Waals surface area contributed by atoms with Crippen molar-refractivity contribution >= 4 is 39.1 Å². The molecule has 0 aromatic heterocycles. The smallest absolute Gasteiger partial charge is 0.352 e. The number of hydrogen-bond acceptors (Lipinski definition) is 4. The molecule has 42 heavy (non-hydrogen) atoms. The number of hydrogen-bond donors (Lipinski definition) is 1. The molecular formula is C30H33ClF3N3O4S. The van der Waals surface area contributed by atoms with Crippen molar-refractivity contribution in [3.05, 3.63) is 101 Å². The number of halogens is 4. The third-order valence-corrected chi connectivity index (χ3v) is 8.07. The van der Waals surface area contributed by atoms with Gasteiger partial charge in [-0.2, -0.15) is 13.2 Å². The second kappa shape index (κ2) is 14.1. The molecule has 0 aliphatic carbocycles.